The Labute approximate surface area is 92.3 Å². The summed E-state index contributed by atoms with van der Waals surface area (Å²) in [4.78, 5) is 0. The van der Waals surface area contributed by atoms with Crippen molar-refractivity contribution < 1.29 is 5.11 Å². The average molecular weight is 207 g/mol. The fraction of sp³-hybridized carbons (Fsp3) is 0.538. The molecular weight excluding hydrogens is 186 g/mol. The van der Waals surface area contributed by atoms with E-state index in [4.69, 9.17) is 5.11 Å². The van der Waals surface area contributed by atoms with Gasteiger partial charge in [-0.1, -0.05) is 44.5 Å². The van der Waals surface area contributed by atoms with Crippen LogP contribution in [0.2, 0.25) is 0 Å². The lowest BCUT2D eigenvalue weighted by Gasteiger charge is -2.10. The van der Waals surface area contributed by atoms with Gasteiger partial charge in [-0.25, -0.2) is 0 Å². The molecule has 0 spiro atoms. The summed E-state index contributed by atoms with van der Waals surface area (Å²) in [7, 11) is 0. The molecule has 0 saturated heterocycles. The number of hydrogen-bond donors (Lipinski definition) is 2. The van der Waals surface area contributed by atoms with Gasteiger partial charge >= 0.3 is 0 Å². The van der Waals surface area contributed by atoms with Crippen molar-refractivity contribution >= 4 is 0 Å². The molecule has 84 valence electrons. The Morgan fingerprint density at radius 2 is 2.07 bits per heavy atom. The maximum atomic E-state index is 8.99. The largest absolute Gasteiger partial charge is 0.392 e. The van der Waals surface area contributed by atoms with E-state index in [1.54, 1.807) is 0 Å². The van der Waals surface area contributed by atoms with Gasteiger partial charge in [0.2, 0.25) is 0 Å². The van der Waals surface area contributed by atoms with Crippen molar-refractivity contribution in [1.29, 1.82) is 0 Å². The van der Waals surface area contributed by atoms with E-state index in [1.807, 2.05) is 18.2 Å². The van der Waals surface area contributed by atoms with Gasteiger partial charge in [0.1, 0.15) is 0 Å². The van der Waals surface area contributed by atoms with Gasteiger partial charge < -0.3 is 10.4 Å². The van der Waals surface area contributed by atoms with Crippen LogP contribution in [0.1, 0.15) is 31.4 Å². The number of rotatable bonds is 6. The fourth-order valence-electron chi connectivity index (χ4n) is 1.45. The van der Waals surface area contributed by atoms with Crippen molar-refractivity contribution in [2.45, 2.75) is 33.4 Å². The zero-order chi connectivity index (χ0) is 11.1. The first-order valence-corrected chi connectivity index (χ1v) is 5.65. The Morgan fingerprint density at radius 1 is 1.33 bits per heavy atom. The Morgan fingerprint density at radius 3 is 2.73 bits per heavy atom. The first-order chi connectivity index (χ1) is 7.26. The lowest BCUT2D eigenvalue weighted by Crippen LogP contribution is -2.20. The molecule has 1 rings (SSSR count). The highest BCUT2D eigenvalue weighted by Gasteiger charge is 1.98. The molecule has 0 radical (unpaired) electrons. The van der Waals surface area contributed by atoms with Crippen LogP contribution in [0.3, 0.4) is 0 Å². The zero-order valence-corrected chi connectivity index (χ0v) is 9.66. The lowest BCUT2D eigenvalue weighted by molar-refractivity contribution is 0.281. The first-order valence-electron chi connectivity index (χ1n) is 5.65. The van der Waals surface area contributed by atoms with E-state index in [0.29, 0.717) is 0 Å². The number of aliphatic hydroxyl groups excluding tert-OH is 1. The van der Waals surface area contributed by atoms with Crippen molar-refractivity contribution in [1.82, 2.24) is 5.32 Å². The molecule has 1 unspecified atom stereocenters. The predicted octanol–water partition coefficient (Wildman–Crippen LogP) is 2.31. The van der Waals surface area contributed by atoms with Crippen LogP contribution in [0, 0.1) is 5.92 Å². The summed E-state index contributed by atoms with van der Waals surface area (Å²) in [5.41, 5.74) is 2.22. The van der Waals surface area contributed by atoms with E-state index in [0.717, 1.165) is 24.6 Å². The second kappa shape index (κ2) is 6.59. The minimum Gasteiger partial charge on any atom is -0.392 e. The average Bonchev–Trinajstić information content (AvgIpc) is 2.29. The lowest BCUT2D eigenvalue weighted by atomic mass is 10.1. The van der Waals surface area contributed by atoms with E-state index >= 15 is 0 Å². The molecule has 0 fully saturated rings. The molecule has 0 saturated carbocycles. The molecular formula is C13H21NO. The van der Waals surface area contributed by atoms with Gasteiger partial charge in [0.15, 0.2) is 0 Å². The molecule has 0 aromatic heterocycles. The molecule has 2 N–H and O–H groups in total. The number of aliphatic hydroxyl groups is 1. The summed E-state index contributed by atoms with van der Waals surface area (Å²) in [6.07, 6.45) is 1.21. The third-order valence-corrected chi connectivity index (χ3v) is 2.69. The highest BCUT2D eigenvalue weighted by atomic mass is 16.3. The van der Waals surface area contributed by atoms with Crippen LogP contribution in [0.15, 0.2) is 24.3 Å². The van der Waals surface area contributed by atoms with Gasteiger partial charge in [-0.2, -0.15) is 0 Å². The Bertz CT molecular complexity index is 286. The van der Waals surface area contributed by atoms with Crippen LogP contribution >= 0.6 is 0 Å². The molecule has 1 aromatic carbocycles. The third-order valence-electron chi connectivity index (χ3n) is 2.69. The van der Waals surface area contributed by atoms with Gasteiger partial charge in [-0.15, -0.1) is 0 Å². The normalized spacial score (nSPS) is 12.7. The molecule has 0 aliphatic carbocycles. The van der Waals surface area contributed by atoms with Crippen molar-refractivity contribution in [3.05, 3.63) is 35.4 Å². The minimum atomic E-state index is 0.124. The van der Waals surface area contributed by atoms with Crippen LogP contribution in [-0.2, 0) is 13.2 Å². The first kappa shape index (κ1) is 12.2. The molecule has 0 heterocycles. The number of benzene rings is 1. The molecule has 0 amide bonds. The molecule has 0 bridgehead atoms. The van der Waals surface area contributed by atoms with Crippen LogP contribution in [-0.4, -0.2) is 11.7 Å². The Kier molecular flexibility index (Phi) is 5.37. The molecule has 1 atom stereocenters. The summed E-state index contributed by atoms with van der Waals surface area (Å²) in [6, 6.07) is 8.07. The highest BCUT2D eigenvalue weighted by Crippen LogP contribution is 2.05. The van der Waals surface area contributed by atoms with Crippen LogP contribution in [0.4, 0.5) is 0 Å². The predicted molar refractivity (Wildman–Crippen MR) is 63.5 cm³/mol. The van der Waals surface area contributed by atoms with Crippen molar-refractivity contribution in [2.75, 3.05) is 6.54 Å². The fourth-order valence-corrected chi connectivity index (χ4v) is 1.45. The summed E-state index contributed by atoms with van der Waals surface area (Å²) >= 11 is 0. The molecule has 2 nitrogen and oxygen atoms in total. The summed E-state index contributed by atoms with van der Waals surface area (Å²) in [5, 5.41) is 12.4. The van der Waals surface area contributed by atoms with Gasteiger partial charge in [-0.3, -0.25) is 0 Å². The Hall–Kier alpha value is -0.860. The van der Waals surface area contributed by atoms with Gasteiger partial charge in [0.05, 0.1) is 6.61 Å². The second-order valence-electron chi connectivity index (χ2n) is 4.12. The summed E-state index contributed by atoms with van der Waals surface area (Å²) < 4.78 is 0. The smallest absolute Gasteiger partial charge is 0.0681 e. The van der Waals surface area contributed by atoms with Crippen molar-refractivity contribution in [3.63, 3.8) is 0 Å². The van der Waals surface area contributed by atoms with Crippen LogP contribution < -0.4 is 5.32 Å². The standard InChI is InChI=1S/C13H21NO/c1-3-11(2)8-14-9-12-5-4-6-13(7-12)10-15/h4-7,11,14-15H,3,8-10H2,1-2H3. The number of hydrogen-bond acceptors (Lipinski definition) is 2. The van der Waals surface area contributed by atoms with Crippen LogP contribution in [0.5, 0.6) is 0 Å². The molecule has 15 heavy (non-hydrogen) atoms. The van der Waals surface area contributed by atoms with Crippen LogP contribution in [0.25, 0.3) is 0 Å². The van der Waals surface area contributed by atoms with Gasteiger partial charge in [0.25, 0.3) is 0 Å². The molecule has 0 aliphatic heterocycles. The van der Waals surface area contributed by atoms with E-state index in [2.05, 4.69) is 25.2 Å². The van der Waals surface area contributed by atoms with E-state index in [-0.39, 0.29) is 6.61 Å². The summed E-state index contributed by atoms with van der Waals surface area (Å²) in [6.45, 7) is 6.52. The minimum absolute atomic E-state index is 0.124. The maximum absolute atomic E-state index is 8.99. The topological polar surface area (TPSA) is 32.3 Å². The molecule has 0 aliphatic rings. The molecule has 2 heteroatoms. The van der Waals surface area contributed by atoms with Gasteiger partial charge in [0, 0.05) is 6.54 Å². The van der Waals surface area contributed by atoms with Crippen molar-refractivity contribution in [3.8, 4) is 0 Å². The SMILES string of the molecule is CCC(C)CNCc1cccc(CO)c1. The highest BCUT2D eigenvalue weighted by molar-refractivity contribution is 5.22. The monoisotopic (exact) mass is 207 g/mol. The third kappa shape index (κ3) is 4.45. The number of nitrogens with one attached hydrogen (secondary N) is 1. The quantitative estimate of drug-likeness (QED) is 0.750. The van der Waals surface area contributed by atoms with E-state index in [9.17, 15) is 0 Å². The van der Waals surface area contributed by atoms with E-state index in [1.165, 1.54) is 12.0 Å². The summed E-state index contributed by atoms with van der Waals surface area (Å²) in [5.74, 6) is 0.728. The van der Waals surface area contributed by atoms with Crippen molar-refractivity contribution in [2.24, 2.45) is 5.92 Å². The van der Waals surface area contributed by atoms with Gasteiger partial charge in [-0.05, 0) is 23.6 Å². The molecule has 1 aromatic rings. The maximum Gasteiger partial charge on any atom is 0.0681 e. The second-order valence-corrected chi connectivity index (χ2v) is 4.12. The Balaban J connectivity index is 2.37. The van der Waals surface area contributed by atoms with E-state index < -0.39 is 0 Å². The zero-order valence-electron chi connectivity index (χ0n) is 9.66.